The predicted octanol–water partition coefficient (Wildman–Crippen LogP) is 4.17. The summed E-state index contributed by atoms with van der Waals surface area (Å²) in [5.41, 5.74) is 3.55. The van der Waals surface area contributed by atoms with Crippen molar-refractivity contribution in [3.63, 3.8) is 0 Å². The molecule has 0 radical (unpaired) electrons. The Morgan fingerprint density at radius 2 is 1.81 bits per heavy atom. The number of ether oxygens (including phenoxy) is 1. The van der Waals surface area contributed by atoms with Crippen LogP contribution in [0.4, 0.5) is 0 Å². The minimum absolute atomic E-state index is 0.0523. The lowest BCUT2D eigenvalue weighted by molar-refractivity contribution is 0.0517. The number of para-hydroxylation sites is 1. The van der Waals surface area contributed by atoms with Gasteiger partial charge in [0.15, 0.2) is 0 Å². The van der Waals surface area contributed by atoms with Crippen LogP contribution in [0.3, 0.4) is 0 Å². The van der Waals surface area contributed by atoms with Crippen LogP contribution in [0.1, 0.15) is 48.4 Å². The van der Waals surface area contributed by atoms with E-state index < -0.39 is 0 Å². The summed E-state index contributed by atoms with van der Waals surface area (Å²) in [4.78, 5) is 22.5. The van der Waals surface area contributed by atoms with Crippen molar-refractivity contribution in [1.29, 1.82) is 0 Å². The van der Waals surface area contributed by atoms with E-state index >= 15 is 0 Å². The number of aromatic amines is 1. The van der Waals surface area contributed by atoms with Crippen LogP contribution in [0.25, 0.3) is 10.9 Å². The normalized spacial score (nSPS) is 12.5. The second kappa shape index (κ2) is 8.15. The summed E-state index contributed by atoms with van der Waals surface area (Å²) in [5.74, 6) is -0.315. The monoisotopic (exact) mass is 351 g/mol. The summed E-state index contributed by atoms with van der Waals surface area (Å²) >= 11 is 0. The van der Waals surface area contributed by atoms with Crippen LogP contribution in [-0.4, -0.2) is 40.5 Å². The molecule has 5 nitrogen and oxygen atoms in total. The Morgan fingerprint density at radius 1 is 1.12 bits per heavy atom. The fourth-order valence-corrected chi connectivity index (χ4v) is 3.51. The highest BCUT2D eigenvalue weighted by Gasteiger charge is 2.29. The Morgan fingerprint density at radius 3 is 2.46 bits per heavy atom. The Kier molecular flexibility index (Phi) is 5.68. The lowest BCUT2D eigenvalue weighted by atomic mass is 9.94. The third kappa shape index (κ3) is 3.35. The number of nitrogens with one attached hydrogen (secondary N) is 1. The van der Waals surface area contributed by atoms with Gasteiger partial charge in [-0.2, -0.15) is 0 Å². The molecule has 2 heterocycles. The van der Waals surface area contributed by atoms with Gasteiger partial charge in [-0.05, 0) is 43.8 Å². The minimum atomic E-state index is -0.315. The highest BCUT2D eigenvalue weighted by molar-refractivity contribution is 5.99. The van der Waals surface area contributed by atoms with Gasteiger partial charge in [0.25, 0.3) is 0 Å². The topological polar surface area (TPSA) is 58.2 Å². The Hall–Kier alpha value is -2.66. The predicted molar refractivity (Wildman–Crippen MR) is 103 cm³/mol. The van der Waals surface area contributed by atoms with Gasteiger partial charge in [-0.15, -0.1) is 0 Å². The molecule has 2 aromatic heterocycles. The van der Waals surface area contributed by atoms with Crippen molar-refractivity contribution < 1.29 is 9.53 Å². The van der Waals surface area contributed by atoms with Gasteiger partial charge in [0.2, 0.25) is 0 Å². The van der Waals surface area contributed by atoms with Crippen LogP contribution in [-0.2, 0) is 4.74 Å². The molecule has 0 bridgehead atoms. The molecular formula is C21H25N3O2. The zero-order valence-electron chi connectivity index (χ0n) is 15.5. The van der Waals surface area contributed by atoms with Gasteiger partial charge in [-0.1, -0.05) is 32.0 Å². The number of carbonyl (C=O) groups is 1. The van der Waals surface area contributed by atoms with Crippen molar-refractivity contribution in [2.45, 2.75) is 26.8 Å². The summed E-state index contributed by atoms with van der Waals surface area (Å²) in [5, 5.41) is 1.05. The number of pyridine rings is 1. The van der Waals surface area contributed by atoms with E-state index in [0.29, 0.717) is 12.3 Å². The zero-order chi connectivity index (χ0) is 18.5. The lowest BCUT2D eigenvalue weighted by Gasteiger charge is -2.30. The summed E-state index contributed by atoms with van der Waals surface area (Å²) in [6.45, 7) is 8.17. The third-order valence-corrected chi connectivity index (χ3v) is 4.70. The van der Waals surface area contributed by atoms with Crippen LogP contribution in [0.2, 0.25) is 0 Å². The molecular weight excluding hydrogens is 326 g/mol. The highest BCUT2D eigenvalue weighted by atomic mass is 16.5. The zero-order valence-corrected chi connectivity index (χ0v) is 15.5. The molecule has 5 heteroatoms. The minimum Gasteiger partial charge on any atom is -0.461 e. The molecule has 3 rings (SSSR count). The van der Waals surface area contributed by atoms with Crippen LogP contribution in [0, 0.1) is 0 Å². The second-order valence-electron chi connectivity index (χ2n) is 6.08. The maximum atomic E-state index is 12.7. The number of benzene rings is 1. The molecule has 0 amide bonds. The summed E-state index contributed by atoms with van der Waals surface area (Å²) in [6, 6.07) is 12.0. The van der Waals surface area contributed by atoms with Crippen LogP contribution in [0.15, 0.2) is 48.8 Å². The number of hydrogen-bond donors (Lipinski definition) is 1. The highest BCUT2D eigenvalue weighted by Crippen LogP contribution is 2.36. The largest absolute Gasteiger partial charge is 0.461 e. The van der Waals surface area contributed by atoms with Crippen molar-refractivity contribution in [2.75, 3.05) is 19.7 Å². The van der Waals surface area contributed by atoms with Gasteiger partial charge >= 0.3 is 5.97 Å². The number of rotatable bonds is 7. The molecule has 1 atom stereocenters. The number of fused-ring (bicyclic) bond motifs is 1. The first-order valence-corrected chi connectivity index (χ1v) is 9.12. The van der Waals surface area contributed by atoms with Gasteiger partial charge in [-0.25, -0.2) is 4.79 Å². The first-order chi connectivity index (χ1) is 12.7. The molecule has 1 aromatic carbocycles. The van der Waals surface area contributed by atoms with Crippen LogP contribution < -0.4 is 0 Å². The smallest absolute Gasteiger partial charge is 0.355 e. The van der Waals surface area contributed by atoms with Crippen molar-refractivity contribution in [3.8, 4) is 0 Å². The van der Waals surface area contributed by atoms with Gasteiger partial charge in [0, 0.05) is 28.9 Å². The summed E-state index contributed by atoms with van der Waals surface area (Å²) in [7, 11) is 0. The standard InChI is InChI=1S/C21H25N3O2/c1-4-24(5-2)20(15-11-13-22-14-12-15)18-16-9-7-8-10-17(16)23-19(18)21(25)26-6-3/h7-14,20,23H,4-6H2,1-3H3. The molecule has 0 aliphatic heterocycles. The van der Waals surface area contributed by atoms with Gasteiger partial charge < -0.3 is 9.72 Å². The SMILES string of the molecule is CCOC(=O)c1[nH]c2ccccc2c1C(c1ccncc1)N(CC)CC. The van der Waals surface area contributed by atoms with Gasteiger partial charge in [-0.3, -0.25) is 9.88 Å². The lowest BCUT2D eigenvalue weighted by Crippen LogP contribution is -2.30. The molecule has 0 aliphatic rings. The van der Waals surface area contributed by atoms with E-state index in [9.17, 15) is 4.79 Å². The molecule has 0 saturated carbocycles. The molecule has 3 aromatic rings. The van der Waals surface area contributed by atoms with E-state index in [1.165, 1.54) is 0 Å². The van der Waals surface area contributed by atoms with Crippen molar-refractivity contribution in [1.82, 2.24) is 14.9 Å². The molecule has 0 saturated heterocycles. The fourth-order valence-electron chi connectivity index (χ4n) is 3.51. The first-order valence-electron chi connectivity index (χ1n) is 9.12. The number of esters is 1. The van der Waals surface area contributed by atoms with Crippen molar-refractivity contribution in [2.24, 2.45) is 0 Å². The van der Waals surface area contributed by atoms with E-state index in [1.54, 1.807) is 12.4 Å². The third-order valence-electron chi connectivity index (χ3n) is 4.70. The molecule has 0 spiro atoms. The average Bonchev–Trinajstić information content (AvgIpc) is 3.06. The number of aromatic nitrogens is 2. The Labute approximate surface area is 154 Å². The molecule has 136 valence electrons. The number of H-pyrrole nitrogens is 1. The Bertz CT molecular complexity index is 869. The van der Waals surface area contributed by atoms with E-state index in [0.717, 1.165) is 35.1 Å². The first kappa shape index (κ1) is 18.1. The molecule has 0 fully saturated rings. The van der Waals surface area contributed by atoms with E-state index in [1.807, 2.05) is 37.3 Å². The molecule has 1 N–H and O–H groups in total. The summed E-state index contributed by atoms with van der Waals surface area (Å²) < 4.78 is 5.33. The molecule has 1 unspecified atom stereocenters. The second-order valence-corrected chi connectivity index (χ2v) is 6.08. The van der Waals surface area contributed by atoms with E-state index in [2.05, 4.69) is 34.8 Å². The fraction of sp³-hybridized carbons (Fsp3) is 0.333. The van der Waals surface area contributed by atoms with Gasteiger partial charge in [0.1, 0.15) is 5.69 Å². The van der Waals surface area contributed by atoms with Crippen molar-refractivity contribution >= 4 is 16.9 Å². The van der Waals surface area contributed by atoms with Crippen LogP contribution >= 0.6 is 0 Å². The van der Waals surface area contributed by atoms with Crippen LogP contribution in [0.5, 0.6) is 0 Å². The quantitative estimate of drug-likeness (QED) is 0.649. The molecule has 0 aliphatic carbocycles. The van der Waals surface area contributed by atoms with Crippen molar-refractivity contribution in [3.05, 3.63) is 65.6 Å². The number of nitrogens with zero attached hydrogens (tertiary/aromatic N) is 2. The van der Waals surface area contributed by atoms with Gasteiger partial charge in [0.05, 0.1) is 12.6 Å². The van der Waals surface area contributed by atoms with E-state index in [-0.39, 0.29) is 12.0 Å². The van der Waals surface area contributed by atoms with E-state index in [4.69, 9.17) is 4.74 Å². The maximum Gasteiger partial charge on any atom is 0.355 e. The maximum absolute atomic E-state index is 12.7. The number of hydrogen-bond acceptors (Lipinski definition) is 4. The number of carbonyl (C=O) groups excluding carboxylic acids is 1. The average molecular weight is 351 g/mol. The Balaban J connectivity index is 2.27. The summed E-state index contributed by atoms with van der Waals surface area (Å²) in [6.07, 6.45) is 3.59. The molecule has 26 heavy (non-hydrogen) atoms.